The molecule has 2 saturated carbocycles. The number of rotatable bonds is 0. The smallest absolute Gasteiger partial charge is 0.136 e. The zero-order valence-corrected chi connectivity index (χ0v) is 8.21. The van der Waals surface area contributed by atoms with E-state index in [9.17, 15) is 4.79 Å². The van der Waals surface area contributed by atoms with Gasteiger partial charge in [-0.15, -0.1) is 0 Å². The number of carbonyl (C=O) groups is 1. The van der Waals surface area contributed by atoms with E-state index in [0.29, 0.717) is 17.6 Å². The Hall–Kier alpha value is -0.330. The molecule has 2 aliphatic rings. The van der Waals surface area contributed by atoms with Crippen molar-refractivity contribution in [3.63, 3.8) is 0 Å². The number of Topliss-reactive ketones (excluding diaryl/α,β-unsaturated/α-hetero) is 1. The van der Waals surface area contributed by atoms with Crippen molar-refractivity contribution in [3.05, 3.63) is 0 Å². The van der Waals surface area contributed by atoms with Gasteiger partial charge in [-0.1, -0.05) is 20.8 Å². The second-order valence-electron chi connectivity index (χ2n) is 4.77. The number of ketones is 1. The first-order valence-electron chi connectivity index (χ1n) is 5.15. The van der Waals surface area contributed by atoms with Crippen molar-refractivity contribution in [2.24, 2.45) is 29.6 Å². The lowest BCUT2D eigenvalue weighted by Gasteiger charge is -2.16. The van der Waals surface area contributed by atoms with E-state index >= 15 is 0 Å². The van der Waals surface area contributed by atoms with Crippen LogP contribution in [0.4, 0.5) is 0 Å². The molecule has 0 amide bonds. The van der Waals surface area contributed by atoms with Crippen LogP contribution in [0.3, 0.4) is 0 Å². The van der Waals surface area contributed by atoms with Crippen LogP contribution in [0.15, 0.2) is 0 Å². The molecule has 0 aromatic rings. The first kappa shape index (κ1) is 8.28. The molecule has 12 heavy (non-hydrogen) atoms. The topological polar surface area (TPSA) is 17.1 Å². The first-order chi connectivity index (χ1) is 5.63. The summed E-state index contributed by atoms with van der Waals surface area (Å²) < 4.78 is 0. The second kappa shape index (κ2) is 2.58. The van der Waals surface area contributed by atoms with Gasteiger partial charge in [0.15, 0.2) is 0 Å². The third kappa shape index (κ3) is 0.884. The largest absolute Gasteiger partial charge is 0.299 e. The Kier molecular flexibility index (Phi) is 1.78. The molecule has 5 atom stereocenters. The van der Waals surface area contributed by atoms with Crippen molar-refractivity contribution >= 4 is 5.78 Å². The molecule has 1 nitrogen and oxygen atoms in total. The van der Waals surface area contributed by atoms with Gasteiger partial charge in [-0.25, -0.2) is 0 Å². The molecule has 2 aliphatic carbocycles. The minimum atomic E-state index is 0.426. The lowest BCUT2D eigenvalue weighted by Crippen LogP contribution is -2.16. The molecule has 0 aromatic carbocycles. The van der Waals surface area contributed by atoms with Crippen LogP contribution >= 0.6 is 0 Å². The molecule has 0 bridgehead atoms. The van der Waals surface area contributed by atoms with E-state index in [0.717, 1.165) is 24.2 Å². The standard InChI is InChI=1S/C11H18O/c1-6-7(2)9-4-5-10(12)11(9)8(6)3/h6-9,11H,4-5H2,1-3H3/t6?,7?,8?,9-,11+/m0/s1. The Labute approximate surface area is 74.5 Å². The van der Waals surface area contributed by atoms with Gasteiger partial charge in [0.1, 0.15) is 5.78 Å². The van der Waals surface area contributed by atoms with Crippen molar-refractivity contribution in [3.8, 4) is 0 Å². The molecule has 0 radical (unpaired) electrons. The molecular weight excluding hydrogens is 148 g/mol. The fraction of sp³-hybridized carbons (Fsp3) is 0.909. The van der Waals surface area contributed by atoms with E-state index in [1.54, 1.807) is 0 Å². The molecule has 2 fully saturated rings. The third-order valence-corrected chi connectivity index (χ3v) is 4.46. The number of hydrogen-bond donors (Lipinski definition) is 0. The lowest BCUT2D eigenvalue weighted by molar-refractivity contribution is -0.122. The van der Waals surface area contributed by atoms with Crippen LogP contribution in [0, 0.1) is 29.6 Å². The molecule has 0 heterocycles. The average molecular weight is 166 g/mol. The number of hydrogen-bond acceptors (Lipinski definition) is 1. The monoisotopic (exact) mass is 166 g/mol. The van der Waals surface area contributed by atoms with Crippen LogP contribution in [0.25, 0.3) is 0 Å². The molecule has 68 valence electrons. The van der Waals surface area contributed by atoms with E-state index in [2.05, 4.69) is 20.8 Å². The van der Waals surface area contributed by atoms with Crippen molar-refractivity contribution in [1.82, 2.24) is 0 Å². The normalized spacial score (nSPS) is 52.9. The van der Waals surface area contributed by atoms with E-state index in [4.69, 9.17) is 0 Å². The summed E-state index contributed by atoms with van der Waals surface area (Å²) in [7, 11) is 0. The van der Waals surface area contributed by atoms with Crippen LogP contribution in [0.5, 0.6) is 0 Å². The zero-order valence-electron chi connectivity index (χ0n) is 8.21. The summed E-state index contributed by atoms with van der Waals surface area (Å²) in [4.78, 5) is 11.6. The summed E-state index contributed by atoms with van der Waals surface area (Å²) in [5.74, 6) is 3.86. The van der Waals surface area contributed by atoms with Crippen molar-refractivity contribution in [1.29, 1.82) is 0 Å². The Balaban J connectivity index is 2.26. The minimum absolute atomic E-state index is 0.426. The highest BCUT2D eigenvalue weighted by atomic mass is 16.1. The van der Waals surface area contributed by atoms with Crippen molar-refractivity contribution in [2.75, 3.05) is 0 Å². The molecule has 0 aliphatic heterocycles. The van der Waals surface area contributed by atoms with Gasteiger partial charge in [0.25, 0.3) is 0 Å². The minimum Gasteiger partial charge on any atom is -0.299 e. The van der Waals surface area contributed by atoms with Crippen LogP contribution in [-0.4, -0.2) is 5.78 Å². The Morgan fingerprint density at radius 2 is 1.75 bits per heavy atom. The van der Waals surface area contributed by atoms with Crippen LogP contribution < -0.4 is 0 Å². The number of fused-ring (bicyclic) bond motifs is 1. The summed E-state index contributed by atoms with van der Waals surface area (Å²) in [5.41, 5.74) is 0. The molecule has 0 aromatic heterocycles. The summed E-state index contributed by atoms with van der Waals surface area (Å²) in [5, 5.41) is 0. The molecule has 1 heteroatoms. The SMILES string of the molecule is CC1C(C)[C@H]2C(=O)CC[C@H]2C1C. The van der Waals surface area contributed by atoms with Gasteiger partial charge in [-0.05, 0) is 30.1 Å². The van der Waals surface area contributed by atoms with Gasteiger partial charge in [0.2, 0.25) is 0 Å². The van der Waals surface area contributed by atoms with Gasteiger partial charge < -0.3 is 0 Å². The first-order valence-corrected chi connectivity index (χ1v) is 5.15. The third-order valence-electron chi connectivity index (χ3n) is 4.46. The average Bonchev–Trinajstić information content (AvgIpc) is 2.51. The summed E-state index contributed by atoms with van der Waals surface area (Å²) in [6.07, 6.45) is 2.02. The molecule has 3 unspecified atom stereocenters. The fourth-order valence-electron chi connectivity index (χ4n) is 3.36. The Morgan fingerprint density at radius 1 is 1.08 bits per heavy atom. The predicted molar refractivity (Wildman–Crippen MR) is 48.7 cm³/mol. The van der Waals surface area contributed by atoms with Crippen LogP contribution in [0.2, 0.25) is 0 Å². The molecular formula is C11H18O. The quantitative estimate of drug-likeness (QED) is 0.540. The second-order valence-corrected chi connectivity index (χ2v) is 4.77. The van der Waals surface area contributed by atoms with Gasteiger partial charge in [0, 0.05) is 12.3 Å². The van der Waals surface area contributed by atoms with E-state index in [1.165, 1.54) is 6.42 Å². The van der Waals surface area contributed by atoms with Crippen LogP contribution in [-0.2, 0) is 4.79 Å². The maximum absolute atomic E-state index is 11.6. The predicted octanol–water partition coefficient (Wildman–Crippen LogP) is 2.50. The van der Waals surface area contributed by atoms with Gasteiger partial charge in [-0.3, -0.25) is 4.79 Å². The highest BCUT2D eigenvalue weighted by molar-refractivity contribution is 5.84. The van der Waals surface area contributed by atoms with Crippen LogP contribution in [0.1, 0.15) is 33.6 Å². The zero-order chi connectivity index (χ0) is 8.88. The highest BCUT2D eigenvalue weighted by Crippen LogP contribution is 2.51. The number of carbonyl (C=O) groups excluding carboxylic acids is 1. The fourth-order valence-corrected chi connectivity index (χ4v) is 3.36. The molecule has 2 rings (SSSR count). The Bertz CT molecular complexity index is 209. The molecule has 0 spiro atoms. The Morgan fingerprint density at radius 3 is 2.33 bits per heavy atom. The van der Waals surface area contributed by atoms with Gasteiger partial charge >= 0.3 is 0 Å². The maximum Gasteiger partial charge on any atom is 0.136 e. The lowest BCUT2D eigenvalue weighted by atomic mass is 9.89. The van der Waals surface area contributed by atoms with E-state index in [1.807, 2.05) is 0 Å². The molecule has 0 N–H and O–H groups in total. The summed E-state index contributed by atoms with van der Waals surface area (Å²) >= 11 is 0. The van der Waals surface area contributed by atoms with E-state index in [-0.39, 0.29) is 0 Å². The molecule has 0 saturated heterocycles. The summed E-state index contributed by atoms with van der Waals surface area (Å²) in [6.45, 7) is 6.89. The highest BCUT2D eigenvalue weighted by Gasteiger charge is 2.50. The van der Waals surface area contributed by atoms with E-state index < -0.39 is 0 Å². The maximum atomic E-state index is 11.6. The van der Waals surface area contributed by atoms with Gasteiger partial charge in [0.05, 0.1) is 0 Å². The van der Waals surface area contributed by atoms with Crippen molar-refractivity contribution in [2.45, 2.75) is 33.6 Å². The summed E-state index contributed by atoms with van der Waals surface area (Å²) in [6, 6.07) is 0. The van der Waals surface area contributed by atoms with Crippen molar-refractivity contribution < 1.29 is 4.79 Å². The van der Waals surface area contributed by atoms with Gasteiger partial charge in [-0.2, -0.15) is 0 Å².